The monoisotopic (exact) mass is 690 g/mol. The van der Waals surface area contributed by atoms with Crippen molar-refractivity contribution in [1.82, 2.24) is 10.2 Å². The lowest BCUT2D eigenvalue weighted by atomic mass is 9.83. The number of thioether (sulfide) groups is 1. The highest BCUT2D eigenvalue weighted by Gasteiger charge is 2.40. The summed E-state index contributed by atoms with van der Waals surface area (Å²) in [6.45, 7) is 0. The molecular formula is C30H28F6N2O4S3. The Bertz CT molecular complexity index is 1490. The average Bonchev–Trinajstić information content (AvgIpc) is 3.55. The number of carbonyl (C=O) groups excluding carboxylic acids is 2. The first kappa shape index (κ1) is 33.5. The largest absolute Gasteiger partial charge is 0.481 e. The predicted molar refractivity (Wildman–Crippen MR) is 162 cm³/mol. The normalized spacial score (nSPS) is 25.6. The number of nitrogens with one attached hydrogen (secondary N) is 1. The fraction of sp³-hybridized carbons (Fsp3) is 0.467. The molecule has 2 N–H and O–H groups in total. The van der Waals surface area contributed by atoms with Crippen molar-refractivity contribution in [3.05, 3.63) is 50.6 Å². The van der Waals surface area contributed by atoms with Gasteiger partial charge in [-0.2, -0.15) is 26.3 Å². The van der Waals surface area contributed by atoms with Gasteiger partial charge in [0.05, 0.1) is 21.9 Å². The van der Waals surface area contributed by atoms with Gasteiger partial charge in [-0.1, -0.05) is 24.0 Å². The second-order valence-electron chi connectivity index (χ2n) is 11.5. The number of thiocarbonyl (C=S) groups is 1. The molecule has 5 rings (SSSR count). The molecule has 1 aliphatic heterocycles. The molecule has 0 unspecified atom stereocenters. The molecule has 1 saturated heterocycles. The zero-order valence-electron chi connectivity index (χ0n) is 23.5. The van der Waals surface area contributed by atoms with Crippen LogP contribution in [0.4, 0.5) is 26.3 Å². The predicted octanol–water partition coefficient (Wildman–Crippen LogP) is 7.97. The zero-order chi connectivity index (χ0) is 32.7. The molecule has 1 aromatic carbocycles. The van der Waals surface area contributed by atoms with E-state index in [1.807, 2.05) is 0 Å². The topological polar surface area (TPSA) is 86.7 Å². The summed E-state index contributed by atoms with van der Waals surface area (Å²) in [4.78, 5) is 39.7. The smallest absolute Gasteiger partial charge is 0.416 e. The standard InChI is InChI=1S/C30H28F6N2O4S3/c31-29(32,33)19-9-17(10-20(12-19)30(34,35)36)18-11-23(44-14-18)13-24-26(40)38(28(43)45-24)22-7-3-15(4-8-22)25(39)37-21-5-1-16(2-6-21)27(41)42/h9-16,21-22H,1-8H2,(H,37,39)(H,41,42)/b24-13-. The van der Waals surface area contributed by atoms with E-state index in [0.29, 0.717) is 77.6 Å². The minimum Gasteiger partial charge on any atom is -0.481 e. The van der Waals surface area contributed by atoms with Gasteiger partial charge in [0, 0.05) is 22.9 Å². The van der Waals surface area contributed by atoms with E-state index in [-0.39, 0.29) is 52.9 Å². The Labute approximate surface area is 268 Å². The highest BCUT2D eigenvalue weighted by atomic mass is 32.2. The molecule has 6 nitrogen and oxygen atoms in total. The number of benzene rings is 1. The Kier molecular flexibility index (Phi) is 9.71. The number of aliphatic carboxylic acids is 1. The molecule has 2 aromatic rings. The van der Waals surface area contributed by atoms with Gasteiger partial charge in [0.1, 0.15) is 4.32 Å². The molecule has 3 fully saturated rings. The third-order valence-corrected chi connectivity index (χ3v) is 10.7. The van der Waals surface area contributed by atoms with Gasteiger partial charge in [-0.25, -0.2) is 0 Å². The highest BCUT2D eigenvalue weighted by molar-refractivity contribution is 8.26. The van der Waals surface area contributed by atoms with Crippen molar-refractivity contribution < 1.29 is 45.8 Å². The molecule has 2 heterocycles. The summed E-state index contributed by atoms with van der Waals surface area (Å²) in [7, 11) is 0. The van der Waals surface area contributed by atoms with Gasteiger partial charge in [-0.15, -0.1) is 11.3 Å². The maximum absolute atomic E-state index is 13.3. The number of hydrogen-bond acceptors (Lipinski definition) is 6. The van der Waals surface area contributed by atoms with E-state index in [2.05, 4.69) is 5.32 Å². The van der Waals surface area contributed by atoms with Crippen molar-refractivity contribution in [3.63, 3.8) is 0 Å². The lowest BCUT2D eigenvalue weighted by Gasteiger charge is -2.34. The number of thiophene rings is 1. The molecule has 2 saturated carbocycles. The van der Waals surface area contributed by atoms with Crippen molar-refractivity contribution in [2.45, 2.75) is 75.8 Å². The highest BCUT2D eigenvalue weighted by Crippen LogP contribution is 2.42. The third-order valence-electron chi connectivity index (χ3n) is 8.49. The SMILES string of the molecule is O=C(O)C1CCC(NC(=O)C2CCC(N3C(=O)/C(=C/c4cc(-c5cc(C(F)(F)F)cc(C(F)(F)F)c5)cs4)SC3=S)CC2)CC1. The van der Waals surface area contributed by atoms with E-state index < -0.39 is 29.4 Å². The van der Waals surface area contributed by atoms with Crippen LogP contribution in [0.2, 0.25) is 0 Å². The number of carboxylic acid groups (broad SMARTS) is 1. The molecule has 0 bridgehead atoms. The molecule has 0 radical (unpaired) electrons. The molecule has 2 aliphatic carbocycles. The van der Waals surface area contributed by atoms with Gasteiger partial charge in [-0.05, 0) is 98.2 Å². The Morgan fingerprint density at radius 3 is 2.00 bits per heavy atom. The van der Waals surface area contributed by atoms with Crippen LogP contribution in [0.15, 0.2) is 34.6 Å². The third kappa shape index (κ3) is 7.74. The van der Waals surface area contributed by atoms with Crippen LogP contribution in [0, 0.1) is 11.8 Å². The van der Waals surface area contributed by atoms with E-state index >= 15 is 0 Å². The zero-order valence-corrected chi connectivity index (χ0v) is 26.0. The number of alkyl halides is 6. The van der Waals surface area contributed by atoms with Crippen molar-refractivity contribution in [2.75, 3.05) is 0 Å². The van der Waals surface area contributed by atoms with Crippen molar-refractivity contribution in [2.24, 2.45) is 11.8 Å². The van der Waals surface area contributed by atoms with Gasteiger partial charge in [0.15, 0.2) is 0 Å². The summed E-state index contributed by atoms with van der Waals surface area (Å²) in [5.41, 5.74) is -2.90. The first-order valence-electron chi connectivity index (χ1n) is 14.3. The Balaban J connectivity index is 1.21. The van der Waals surface area contributed by atoms with Crippen LogP contribution in [-0.2, 0) is 26.7 Å². The van der Waals surface area contributed by atoms with Gasteiger partial charge >= 0.3 is 18.3 Å². The summed E-state index contributed by atoms with van der Waals surface area (Å²) in [5.74, 6) is -1.78. The lowest BCUT2D eigenvalue weighted by Crippen LogP contribution is -2.45. The van der Waals surface area contributed by atoms with Gasteiger partial charge in [-0.3, -0.25) is 19.3 Å². The van der Waals surface area contributed by atoms with Crippen molar-refractivity contribution >= 4 is 63.5 Å². The average molecular weight is 691 g/mol. The number of nitrogens with zero attached hydrogens (tertiary/aromatic N) is 1. The quantitative estimate of drug-likeness (QED) is 0.182. The van der Waals surface area contributed by atoms with Crippen LogP contribution in [0.5, 0.6) is 0 Å². The number of halogens is 6. The summed E-state index contributed by atoms with van der Waals surface area (Å²) in [5, 5.41) is 13.7. The van der Waals surface area contributed by atoms with E-state index in [1.54, 1.807) is 0 Å². The first-order chi connectivity index (χ1) is 21.1. The molecule has 15 heteroatoms. The van der Waals surface area contributed by atoms with Gasteiger partial charge < -0.3 is 10.4 Å². The first-order valence-corrected chi connectivity index (χ1v) is 16.4. The van der Waals surface area contributed by atoms with E-state index in [1.165, 1.54) is 22.4 Å². The maximum atomic E-state index is 13.3. The fourth-order valence-corrected chi connectivity index (χ4v) is 8.34. The summed E-state index contributed by atoms with van der Waals surface area (Å²) < 4.78 is 80.3. The van der Waals surface area contributed by atoms with E-state index in [9.17, 15) is 40.7 Å². The van der Waals surface area contributed by atoms with Crippen molar-refractivity contribution in [1.29, 1.82) is 0 Å². The fourth-order valence-electron chi connectivity index (χ4n) is 6.03. The summed E-state index contributed by atoms with van der Waals surface area (Å²) >= 11 is 7.64. The Hall–Kier alpha value is -2.91. The second kappa shape index (κ2) is 13.1. The van der Waals surface area contributed by atoms with Crippen LogP contribution >= 0.6 is 35.3 Å². The van der Waals surface area contributed by atoms with Crippen molar-refractivity contribution in [3.8, 4) is 11.1 Å². The number of carboxylic acids is 1. The number of rotatable bonds is 6. The molecule has 3 aliphatic rings. The minimum absolute atomic E-state index is 0.0410. The van der Waals surface area contributed by atoms with Crippen LogP contribution in [0.1, 0.15) is 67.4 Å². The van der Waals surface area contributed by atoms with E-state index in [4.69, 9.17) is 17.3 Å². The molecular weight excluding hydrogens is 663 g/mol. The number of carbonyl (C=O) groups is 3. The molecule has 0 atom stereocenters. The Morgan fingerprint density at radius 2 is 1.44 bits per heavy atom. The number of hydrogen-bond donors (Lipinski definition) is 2. The van der Waals surface area contributed by atoms with Crippen LogP contribution in [0.25, 0.3) is 17.2 Å². The molecule has 242 valence electrons. The molecule has 45 heavy (non-hydrogen) atoms. The van der Waals surface area contributed by atoms with Gasteiger partial charge in [0.2, 0.25) is 5.91 Å². The Morgan fingerprint density at radius 1 is 0.867 bits per heavy atom. The number of amides is 2. The second-order valence-corrected chi connectivity index (χ2v) is 14.1. The van der Waals surface area contributed by atoms with E-state index in [0.717, 1.165) is 23.1 Å². The summed E-state index contributed by atoms with van der Waals surface area (Å²) in [6, 6.07) is 2.60. The van der Waals surface area contributed by atoms with Crippen LogP contribution < -0.4 is 5.32 Å². The summed E-state index contributed by atoms with van der Waals surface area (Å²) in [6.07, 6.45) is -3.84. The molecule has 0 spiro atoms. The van der Waals surface area contributed by atoms with Gasteiger partial charge in [0.25, 0.3) is 5.91 Å². The van der Waals surface area contributed by atoms with Crippen LogP contribution in [-0.4, -0.2) is 44.2 Å². The lowest BCUT2D eigenvalue weighted by molar-refractivity contribution is -0.144. The molecule has 1 aromatic heterocycles. The minimum atomic E-state index is -4.96. The maximum Gasteiger partial charge on any atom is 0.416 e. The van der Waals surface area contributed by atoms with Crippen LogP contribution in [0.3, 0.4) is 0 Å². The molecule has 2 amide bonds.